The maximum absolute atomic E-state index is 10.1. The van der Waals surface area contributed by atoms with Crippen molar-refractivity contribution >= 4 is 5.97 Å². The van der Waals surface area contributed by atoms with Gasteiger partial charge in [0.25, 0.3) is 0 Å². The van der Waals surface area contributed by atoms with E-state index in [-0.39, 0.29) is 26.3 Å². The third-order valence-corrected chi connectivity index (χ3v) is 0.803. The van der Waals surface area contributed by atoms with Gasteiger partial charge in [-0.3, -0.25) is 4.79 Å². The van der Waals surface area contributed by atoms with Crippen molar-refractivity contribution in [2.75, 3.05) is 6.61 Å². The molecule has 0 N–H and O–H groups in total. The average molecular weight is 124 g/mol. The van der Waals surface area contributed by atoms with Gasteiger partial charge >= 0.3 is 24.8 Å². The first kappa shape index (κ1) is 11.8. The van der Waals surface area contributed by atoms with E-state index in [9.17, 15) is 4.79 Å². The van der Waals surface area contributed by atoms with E-state index < -0.39 is 0 Å². The molecule has 9 heavy (non-hydrogen) atoms. The van der Waals surface area contributed by atoms with Gasteiger partial charge in [-0.05, 0) is 6.42 Å². The third kappa shape index (κ3) is 11.6. The summed E-state index contributed by atoms with van der Waals surface area (Å²) in [5.74, 6) is -0.182. The topological polar surface area (TPSA) is 26.3 Å². The molecule has 0 aromatic carbocycles. The zero-order chi connectivity index (χ0) is 6.41. The summed E-state index contributed by atoms with van der Waals surface area (Å²) in [7, 11) is 0. The van der Waals surface area contributed by atoms with Crippen LogP contribution in [0.1, 0.15) is 28.1 Å². The van der Waals surface area contributed by atoms with E-state index in [2.05, 4.69) is 11.7 Å². The molecule has 0 atom stereocenters. The number of hydrogen-bond acceptors (Lipinski definition) is 2. The van der Waals surface area contributed by atoms with Crippen molar-refractivity contribution in [1.82, 2.24) is 0 Å². The van der Waals surface area contributed by atoms with Gasteiger partial charge in [0.1, 0.15) is 0 Å². The number of rotatable bonds is 3. The van der Waals surface area contributed by atoms with Crippen LogP contribution >= 0.6 is 0 Å². The Morgan fingerprint density at radius 1 is 1.67 bits per heavy atom. The van der Waals surface area contributed by atoms with Crippen molar-refractivity contribution in [2.45, 2.75) is 26.7 Å². The molecule has 0 heterocycles. The Balaban J connectivity index is -0.000000245. The molecule has 0 saturated heterocycles. The fourth-order valence-electron chi connectivity index (χ4n) is 0.360. The standard InChI is InChI=1S/C6H12O2.Li.H/c1-3-4-5-8-6(2)7;;/h3-5H2,1-2H3;;/q;+1;-1. The number of carbonyl (C=O) groups excluding carboxylic acids is 1. The molecule has 0 aliphatic rings. The summed E-state index contributed by atoms with van der Waals surface area (Å²) in [5, 5.41) is 0. The second-order valence-corrected chi connectivity index (χ2v) is 1.69. The van der Waals surface area contributed by atoms with E-state index in [1.807, 2.05) is 0 Å². The fraction of sp³-hybridized carbons (Fsp3) is 0.833. The van der Waals surface area contributed by atoms with Crippen LogP contribution in [0.25, 0.3) is 0 Å². The fourth-order valence-corrected chi connectivity index (χ4v) is 0.360. The Labute approximate surface area is 69.6 Å². The van der Waals surface area contributed by atoms with Crippen molar-refractivity contribution < 1.29 is 29.8 Å². The van der Waals surface area contributed by atoms with Crippen LogP contribution in [0.15, 0.2) is 0 Å². The minimum Gasteiger partial charge on any atom is -1.00 e. The van der Waals surface area contributed by atoms with Crippen LogP contribution in [-0.4, -0.2) is 12.6 Å². The molecule has 0 saturated carbocycles. The molecule has 0 amide bonds. The summed E-state index contributed by atoms with van der Waals surface area (Å²) < 4.78 is 4.64. The number of hydrogen-bond donors (Lipinski definition) is 0. The zero-order valence-corrected chi connectivity index (χ0v) is 6.44. The van der Waals surface area contributed by atoms with Gasteiger partial charge in [-0.1, -0.05) is 13.3 Å². The molecule has 0 spiro atoms. The number of esters is 1. The van der Waals surface area contributed by atoms with Gasteiger partial charge < -0.3 is 6.16 Å². The Kier molecular flexibility index (Phi) is 10.6. The van der Waals surface area contributed by atoms with Gasteiger partial charge in [0.2, 0.25) is 0 Å². The van der Waals surface area contributed by atoms with Gasteiger partial charge in [0.05, 0.1) is 6.61 Å². The minimum atomic E-state index is -0.182. The van der Waals surface area contributed by atoms with E-state index in [1.54, 1.807) is 0 Å². The molecule has 0 aliphatic carbocycles. The van der Waals surface area contributed by atoms with Gasteiger partial charge in [0, 0.05) is 6.92 Å². The summed E-state index contributed by atoms with van der Waals surface area (Å²) in [6.45, 7) is 4.06. The first-order valence-electron chi connectivity index (χ1n) is 2.90. The second-order valence-electron chi connectivity index (χ2n) is 1.69. The van der Waals surface area contributed by atoms with E-state index >= 15 is 0 Å². The molecule has 3 heteroatoms. The molecule has 0 radical (unpaired) electrons. The SMILES string of the molecule is CCCCOC(C)=O.[H-].[Li+]. The van der Waals surface area contributed by atoms with E-state index in [4.69, 9.17) is 0 Å². The third-order valence-electron chi connectivity index (χ3n) is 0.803. The summed E-state index contributed by atoms with van der Waals surface area (Å²) in [5.41, 5.74) is 0. The molecule has 0 bridgehead atoms. The first-order valence-corrected chi connectivity index (χ1v) is 2.90. The quantitative estimate of drug-likeness (QED) is 0.259. The predicted molar refractivity (Wildman–Crippen MR) is 32.7 cm³/mol. The Bertz CT molecular complexity index is 78.1. The summed E-state index contributed by atoms with van der Waals surface area (Å²) in [6, 6.07) is 0. The predicted octanol–water partition coefficient (Wildman–Crippen LogP) is -1.53. The minimum absolute atomic E-state index is 0. The molecular formula is C6H13LiO2. The maximum Gasteiger partial charge on any atom is 1.00 e. The monoisotopic (exact) mass is 124 g/mol. The van der Waals surface area contributed by atoms with Gasteiger partial charge in [-0.25, -0.2) is 0 Å². The molecule has 0 aliphatic heterocycles. The maximum atomic E-state index is 10.1. The van der Waals surface area contributed by atoms with Gasteiger partial charge in [-0.2, -0.15) is 0 Å². The number of ether oxygens (including phenoxy) is 1. The Morgan fingerprint density at radius 3 is 2.56 bits per heavy atom. The van der Waals surface area contributed by atoms with Crippen molar-refractivity contribution in [1.29, 1.82) is 0 Å². The Hall–Kier alpha value is 0.0674. The number of carbonyl (C=O) groups is 1. The number of unbranched alkanes of at least 4 members (excludes halogenated alkanes) is 1. The molecule has 2 nitrogen and oxygen atoms in total. The molecule has 0 aromatic heterocycles. The van der Waals surface area contributed by atoms with E-state index in [0.717, 1.165) is 12.8 Å². The van der Waals surface area contributed by atoms with Crippen LogP contribution < -0.4 is 18.9 Å². The average Bonchev–Trinajstić information content (AvgIpc) is 1.66. The van der Waals surface area contributed by atoms with Crippen molar-refractivity contribution in [3.8, 4) is 0 Å². The largest absolute Gasteiger partial charge is 1.00 e. The second kappa shape index (κ2) is 8.07. The first-order chi connectivity index (χ1) is 3.77. The molecule has 0 fully saturated rings. The van der Waals surface area contributed by atoms with Crippen molar-refractivity contribution in [2.24, 2.45) is 0 Å². The van der Waals surface area contributed by atoms with Crippen LogP contribution in [0.3, 0.4) is 0 Å². The molecule has 0 aromatic rings. The Morgan fingerprint density at radius 2 is 2.22 bits per heavy atom. The summed E-state index contributed by atoms with van der Waals surface area (Å²) >= 11 is 0. The molecule has 0 rings (SSSR count). The molecular weight excluding hydrogens is 111 g/mol. The summed E-state index contributed by atoms with van der Waals surface area (Å²) in [6.07, 6.45) is 2.05. The molecule has 50 valence electrons. The van der Waals surface area contributed by atoms with Crippen LogP contribution in [0.5, 0.6) is 0 Å². The zero-order valence-electron chi connectivity index (χ0n) is 7.44. The van der Waals surface area contributed by atoms with Gasteiger partial charge in [0.15, 0.2) is 0 Å². The van der Waals surface area contributed by atoms with Crippen LogP contribution in [0, 0.1) is 0 Å². The van der Waals surface area contributed by atoms with Crippen LogP contribution in [-0.2, 0) is 9.53 Å². The van der Waals surface area contributed by atoms with E-state index in [0.29, 0.717) is 6.61 Å². The smallest absolute Gasteiger partial charge is 1.00 e. The molecule has 0 unspecified atom stereocenters. The van der Waals surface area contributed by atoms with Crippen LogP contribution in [0.2, 0.25) is 0 Å². The van der Waals surface area contributed by atoms with Gasteiger partial charge in [-0.15, -0.1) is 0 Å². The van der Waals surface area contributed by atoms with Crippen molar-refractivity contribution in [3.05, 3.63) is 0 Å². The normalized spacial score (nSPS) is 7.78. The summed E-state index contributed by atoms with van der Waals surface area (Å²) in [4.78, 5) is 10.1. The van der Waals surface area contributed by atoms with Crippen molar-refractivity contribution in [3.63, 3.8) is 0 Å². The van der Waals surface area contributed by atoms with Crippen LogP contribution in [0.4, 0.5) is 0 Å². The van der Waals surface area contributed by atoms with E-state index in [1.165, 1.54) is 6.92 Å².